The molecule has 0 aliphatic carbocycles. The number of amides is 1. The van der Waals surface area contributed by atoms with Gasteiger partial charge in [-0.3, -0.25) is 4.79 Å². The molecule has 5 heteroatoms. The number of rotatable bonds is 6. The van der Waals surface area contributed by atoms with E-state index in [2.05, 4.69) is 58.4 Å². The first kappa shape index (κ1) is 17.8. The van der Waals surface area contributed by atoms with Gasteiger partial charge < -0.3 is 20.0 Å². The number of hydrogen-bond donors (Lipinski definition) is 1. The normalized spacial score (nSPS) is 19.6. The van der Waals surface area contributed by atoms with Crippen molar-refractivity contribution in [3.63, 3.8) is 0 Å². The van der Waals surface area contributed by atoms with Crippen LogP contribution in [-0.4, -0.2) is 76.1 Å². The molecule has 0 radical (unpaired) electrons. The largest absolute Gasteiger partial charge is 0.378 e. The number of benzene rings is 1. The monoisotopic (exact) mass is 318 g/mol. The summed E-state index contributed by atoms with van der Waals surface area (Å²) in [6.07, 6.45) is 1.46. The van der Waals surface area contributed by atoms with E-state index in [0.717, 1.165) is 26.1 Å². The maximum Gasteiger partial charge on any atom is 0.221 e. The second kappa shape index (κ2) is 8.31. The van der Waals surface area contributed by atoms with Crippen LogP contribution < -0.4 is 10.2 Å². The number of carbonyl (C=O) groups excluding carboxylic acids is 1. The predicted molar refractivity (Wildman–Crippen MR) is 96.0 cm³/mol. The number of carbonyl (C=O) groups is 1. The van der Waals surface area contributed by atoms with E-state index in [9.17, 15) is 4.79 Å². The molecule has 1 atom stereocenters. The Kier molecular flexibility index (Phi) is 6.42. The van der Waals surface area contributed by atoms with Crippen LogP contribution in [0.5, 0.6) is 0 Å². The molecule has 5 nitrogen and oxygen atoms in total. The zero-order valence-corrected chi connectivity index (χ0v) is 14.9. The van der Waals surface area contributed by atoms with Crippen molar-refractivity contribution in [2.24, 2.45) is 0 Å². The minimum absolute atomic E-state index is 0.155. The quantitative estimate of drug-likeness (QED) is 0.851. The van der Waals surface area contributed by atoms with Crippen molar-refractivity contribution < 1.29 is 4.79 Å². The first-order valence-electron chi connectivity index (χ1n) is 8.37. The summed E-state index contributed by atoms with van der Waals surface area (Å²) in [7, 11) is 8.30. The zero-order valence-electron chi connectivity index (χ0n) is 14.9. The van der Waals surface area contributed by atoms with E-state index < -0.39 is 0 Å². The van der Waals surface area contributed by atoms with Gasteiger partial charge in [0.1, 0.15) is 0 Å². The second-order valence-corrected chi connectivity index (χ2v) is 6.76. The summed E-state index contributed by atoms with van der Waals surface area (Å²) in [4.78, 5) is 18.8. The highest BCUT2D eigenvalue weighted by molar-refractivity contribution is 5.76. The molecule has 0 unspecified atom stereocenters. The molecule has 128 valence electrons. The lowest BCUT2D eigenvalue weighted by molar-refractivity contribution is -0.122. The molecule has 0 aromatic heterocycles. The summed E-state index contributed by atoms with van der Waals surface area (Å²) in [5.74, 6) is 0.155. The van der Waals surface area contributed by atoms with Gasteiger partial charge in [-0.25, -0.2) is 0 Å². The van der Waals surface area contributed by atoms with E-state index in [0.29, 0.717) is 19.0 Å². The van der Waals surface area contributed by atoms with Gasteiger partial charge in [-0.1, -0.05) is 12.1 Å². The van der Waals surface area contributed by atoms with Gasteiger partial charge in [-0.2, -0.15) is 0 Å². The van der Waals surface area contributed by atoms with Gasteiger partial charge in [0.2, 0.25) is 5.91 Å². The molecule has 1 aromatic carbocycles. The highest BCUT2D eigenvalue weighted by Gasteiger charge is 2.24. The minimum Gasteiger partial charge on any atom is -0.378 e. The molecule has 1 fully saturated rings. The third-order valence-corrected chi connectivity index (χ3v) is 4.59. The molecule has 1 aliphatic heterocycles. The number of hydrogen-bond acceptors (Lipinski definition) is 4. The SMILES string of the molecule is CN1CCN(C)[C@@H](CC(=O)NCCc2ccc(N(C)C)cc2)C1. The number of nitrogens with one attached hydrogen (secondary N) is 1. The molecule has 0 saturated carbocycles. The molecule has 0 spiro atoms. The number of anilines is 1. The van der Waals surface area contributed by atoms with Gasteiger partial charge in [0.05, 0.1) is 0 Å². The zero-order chi connectivity index (χ0) is 16.8. The van der Waals surface area contributed by atoms with Crippen molar-refractivity contribution in [1.29, 1.82) is 0 Å². The first-order chi connectivity index (χ1) is 11.0. The van der Waals surface area contributed by atoms with E-state index in [1.807, 2.05) is 14.1 Å². The number of nitrogens with zero attached hydrogens (tertiary/aromatic N) is 3. The van der Waals surface area contributed by atoms with Crippen LogP contribution in [0.2, 0.25) is 0 Å². The van der Waals surface area contributed by atoms with Crippen LogP contribution in [0.25, 0.3) is 0 Å². The Morgan fingerprint density at radius 2 is 1.91 bits per heavy atom. The Balaban J connectivity index is 1.72. The van der Waals surface area contributed by atoms with E-state index >= 15 is 0 Å². The summed E-state index contributed by atoms with van der Waals surface area (Å²) in [5.41, 5.74) is 2.45. The van der Waals surface area contributed by atoms with Gasteiger partial charge in [-0.05, 0) is 38.2 Å². The summed E-state index contributed by atoms with van der Waals surface area (Å²) in [6, 6.07) is 8.82. The molecule has 2 rings (SSSR count). The molecule has 1 amide bonds. The third kappa shape index (κ3) is 5.52. The van der Waals surface area contributed by atoms with Crippen LogP contribution in [0.3, 0.4) is 0 Å². The average Bonchev–Trinajstić information content (AvgIpc) is 2.51. The smallest absolute Gasteiger partial charge is 0.221 e. The fourth-order valence-electron chi connectivity index (χ4n) is 2.92. The fraction of sp³-hybridized carbons (Fsp3) is 0.611. The highest BCUT2D eigenvalue weighted by atomic mass is 16.1. The van der Waals surface area contributed by atoms with Gasteiger partial charge in [-0.15, -0.1) is 0 Å². The van der Waals surface area contributed by atoms with Gasteiger partial charge in [0, 0.05) is 58.4 Å². The Bertz CT molecular complexity index is 500. The van der Waals surface area contributed by atoms with Gasteiger partial charge in [0.25, 0.3) is 0 Å². The molecule has 0 bridgehead atoms. The van der Waals surface area contributed by atoms with Crippen LogP contribution in [0.1, 0.15) is 12.0 Å². The standard InChI is InChI=1S/C18H30N4O/c1-20(2)16-7-5-15(6-8-16)9-10-19-18(23)13-17-14-21(3)11-12-22(17)4/h5-8,17H,9-14H2,1-4H3,(H,19,23)/t17-/m0/s1. The van der Waals surface area contributed by atoms with E-state index in [-0.39, 0.29) is 5.91 Å². The molecule has 1 heterocycles. The van der Waals surface area contributed by atoms with Gasteiger partial charge >= 0.3 is 0 Å². The Hall–Kier alpha value is -1.59. The first-order valence-corrected chi connectivity index (χ1v) is 8.37. The molecular formula is C18H30N4O. The lowest BCUT2D eigenvalue weighted by atomic mass is 10.1. The van der Waals surface area contributed by atoms with E-state index in [1.54, 1.807) is 0 Å². The third-order valence-electron chi connectivity index (χ3n) is 4.59. The highest BCUT2D eigenvalue weighted by Crippen LogP contribution is 2.12. The second-order valence-electron chi connectivity index (χ2n) is 6.76. The number of likely N-dealkylation sites (N-methyl/N-ethyl adjacent to an activating group) is 2. The fourth-order valence-corrected chi connectivity index (χ4v) is 2.92. The number of piperazine rings is 1. The van der Waals surface area contributed by atoms with Crippen molar-refractivity contribution in [2.75, 3.05) is 59.3 Å². The predicted octanol–water partition coefficient (Wildman–Crippen LogP) is 1.05. The van der Waals surface area contributed by atoms with E-state index in [1.165, 1.54) is 11.3 Å². The van der Waals surface area contributed by atoms with E-state index in [4.69, 9.17) is 0 Å². The van der Waals surface area contributed by atoms with Crippen molar-refractivity contribution in [3.05, 3.63) is 29.8 Å². The summed E-state index contributed by atoms with van der Waals surface area (Å²) in [6.45, 7) is 3.78. The van der Waals surface area contributed by atoms with Crippen LogP contribution in [-0.2, 0) is 11.2 Å². The molecule has 23 heavy (non-hydrogen) atoms. The maximum absolute atomic E-state index is 12.1. The molecular weight excluding hydrogens is 288 g/mol. The molecule has 1 N–H and O–H groups in total. The summed E-state index contributed by atoms with van der Waals surface area (Å²) in [5, 5.41) is 3.06. The van der Waals surface area contributed by atoms with Crippen molar-refractivity contribution in [2.45, 2.75) is 18.9 Å². The topological polar surface area (TPSA) is 38.8 Å². The lowest BCUT2D eigenvalue weighted by Gasteiger charge is -2.37. The van der Waals surface area contributed by atoms with Crippen molar-refractivity contribution in [3.8, 4) is 0 Å². The Morgan fingerprint density at radius 1 is 1.22 bits per heavy atom. The van der Waals surface area contributed by atoms with Gasteiger partial charge in [0.15, 0.2) is 0 Å². The lowest BCUT2D eigenvalue weighted by Crippen LogP contribution is -2.51. The van der Waals surface area contributed by atoms with Crippen LogP contribution in [0.4, 0.5) is 5.69 Å². The van der Waals surface area contributed by atoms with Crippen LogP contribution >= 0.6 is 0 Å². The average molecular weight is 318 g/mol. The summed E-state index contributed by atoms with van der Waals surface area (Å²) >= 11 is 0. The molecule has 1 aliphatic rings. The minimum atomic E-state index is 0.155. The van der Waals surface area contributed by atoms with Crippen molar-refractivity contribution in [1.82, 2.24) is 15.1 Å². The maximum atomic E-state index is 12.1. The molecule has 1 aromatic rings. The Labute approximate surface area is 140 Å². The Morgan fingerprint density at radius 3 is 2.57 bits per heavy atom. The van der Waals surface area contributed by atoms with Crippen molar-refractivity contribution >= 4 is 11.6 Å². The van der Waals surface area contributed by atoms with Crippen LogP contribution in [0, 0.1) is 0 Å². The summed E-state index contributed by atoms with van der Waals surface area (Å²) < 4.78 is 0. The van der Waals surface area contributed by atoms with Crippen LogP contribution in [0.15, 0.2) is 24.3 Å². The molecule has 1 saturated heterocycles.